The molecule has 76 valence electrons. The Morgan fingerprint density at radius 3 is 2.46 bits per heavy atom. The average molecular weight is 185 g/mol. The maximum atomic E-state index is 10.9. The van der Waals surface area contributed by atoms with Crippen molar-refractivity contribution in [2.24, 2.45) is 5.92 Å². The minimum atomic E-state index is -0.617. The SMILES string of the molecule is CN(C)C1CCCCC(C(=O)O)C1. The van der Waals surface area contributed by atoms with Crippen LogP contribution in [0.15, 0.2) is 0 Å². The monoisotopic (exact) mass is 185 g/mol. The van der Waals surface area contributed by atoms with Crippen molar-refractivity contribution in [3.8, 4) is 0 Å². The molecule has 2 atom stereocenters. The lowest BCUT2D eigenvalue weighted by Gasteiger charge is -2.24. The van der Waals surface area contributed by atoms with Crippen molar-refractivity contribution in [1.29, 1.82) is 0 Å². The zero-order valence-electron chi connectivity index (χ0n) is 8.49. The zero-order chi connectivity index (χ0) is 9.84. The summed E-state index contributed by atoms with van der Waals surface area (Å²) in [5, 5.41) is 8.94. The number of hydrogen-bond acceptors (Lipinski definition) is 2. The highest BCUT2D eigenvalue weighted by molar-refractivity contribution is 5.70. The first-order valence-corrected chi connectivity index (χ1v) is 5.00. The molecular formula is C10H19NO2. The minimum Gasteiger partial charge on any atom is -0.481 e. The van der Waals surface area contributed by atoms with Crippen molar-refractivity contribution in [1.82, 2.24) is 4.90 Å². The van der Waals surface area contributed by atoms with Gasteiger partial charge in [-0.25, -0.2) is 0 Å². The molecule has 3 nitrogen and oxygen atoms in total. The van der Waals surface area contributed by atoms with Gasteiger partial charge in [0.05, 0.1) is 5.92 Å². The molecule has 1 N–H and O–H groups in total. The number of aliphatic carboxylic acids is 1. The van der Waals surface area contributed by atoms with Crippen LogP contribution in [0, 0.1) is 5.92 Å². The van der Waals surface area contributed by atoms with Crippen LogP contribution in [0.5, 0.6) is 0 Å². The van der Waals surface area contributed by atoms with Crippen LogP contribution < -0.4 is 0 Å². The molecule has 0 heterocycles. The third kappa shape index (κ3) is 2.99. The first kappa shape index (κ1) is 10.5. The molecule has 0 aliphatic heterocycles. The van der Waals surface area contributed by atoms with Gasteiger partial charge in [-0.05, 0) is 33.4 Å². The van der Waals surface area contributed by atoms with E-state index in [1.54, 1.807) is 0 Å². The Kier molecular flexibility index (Phi) is 3.72. The molecule has 0 radical (unpaired) electrons. The average Bonchev–Trinajstić information content (AvgIpc) is 2.28. The van der Waals surface area contributed by atoms with Crippen LogP contribution in [-0.4, -0.2) is 36.1 Å². The molecule has 0 saturated heterocycles. The Bertz CT molecular complexity index is 180. The molecule has 0 aromatic rings. The van der Waals surface area contributed by atoms with Crippen LogP contribution in [0.2, 0.25) is 0 Å². The summed E-state index contributed by atoms with van der Waals surface area (Å²) in [5.74, 6) is -0.733. The smallest absolute Gasteiger partial charge is 0.306 e. The van der Waals surface area contributed by atoms with Gasteiger partial charge in [-0.2, -0.15) is 0 Å². The van der Waals surface area contributed by atoms with E-state index in [0.717, 1.165) is 25.7 Å². The van der Waals surface area contributed by atoms with Gasteiger partial charge >= 0.3 is 5.97 Å². The van der Waals surface area contributed by atoms with Gasteiger partial charge in [-0.15, -0.1) is 0 Å². The Morgan fingerprint density at radius 1 is 1.31 bits per heavy atom. The fraction of sp³-hybridized carbons (Fsp3) is 0.900. The van der Waals surface area contributed by atoms with Crippen molar-refractivity contribution >= 4 is 5.97 Å². The Balaban J connectivity index is 2.54. The number of carboxylic acids is 1. The maximum absolute atomic E-state index is 10.9. The predicted octanol–water partition coefficient (Wildman–Crippen LogP) is 1.58. The minimum absolute atomic E-state index is 0.116. The third-order valence-corrected chi connectivity index (χ3v) is 2.98. The molecule has 13 heavy (non-hydrogen) atoms. The van der Waals surface area contributed by atoms with Crippen molar-refractivity contribution < 1.29 is 9.90 Å². The van der Waals surface area contributed by atoms with E-state index in [2.05, 4.69) is 4.90 Å². The lowest BCUT2D eigenvalue weighted by atomic mass is 9.98. The summed E-state index contributed by atoms with van der Waals surface area (Å²) >= 11 is 0. The molecule has 1 aliphatic rings. The Labute approximate surface area is 79.7 Å². The number of nitrogens with zero attached hydrogens (tertiary/aromatic N) is 1. The van der Waals surface area contributed by atoms with Gasteiger partial charge in [0, 0.05) is 6.04 Å². The molecule has 3 heteroatoms. The van der Waals surface area contributed by atoms with Gasteiger partial charge in [0.15, 0.2) is 0 Å². The fourth-order valence-corrected chi connectivity index (χ4v) is 2.03. The zero-order valence-corrected chi connectivity index (χ0v) is 8.49. The molecule has 1 aliphatic carbocycles. The van der Waals surface area contributed by atoms with E-state index in [-0.39, 0.29) is 5.92 Å². The second-order valence-corrected chi connectivity index (χ2v) is 4.17. The maximum Gasteiger partial charge on any atom is 0.306 e. The third-order valence-electron chi connectivity index (χ3n) is 2.98. The van der Waals surface area contributed by atoms with E-state index in [0.29, 0.717) is 6.04 Å². The number of carbonyl (C=O) groups is 1. The van der Waals surface area contributed by atoms with Crippen LogP contribution >= 0.6 is 0 Å². The van der Waals surface area contributed by atoms with Gasteiger partial charge in [-0.1, -0.05) is 12.8 Å². The highest BCUT2D eigenvalue weighted by atomic mass is 16.4. The summed E-state index contributed by atoms with van der Waals surface area (Å²) in [6, 6.07) is 0.462. The Morgan fingerprint density at radius 2 is 1.92 bits per heavy atom. The van der Waals surface area contributed by atoms with Crippen LogP contribution in [0.3, 0.4) is 0 Å². The molecule has 0 aromatic heterocycles. The molecule has 1 fully saturated rings. The second kappa shape index (κ2) is 4.61. The molecule has 0 aromatic carbocycles. The summed E-state index contributed by atoms with van der Waals surface area (Å²) in [6.45, 7) is 0. The van der Waals surface area contributed by atoms with E-state index >= 15 is 0 Å². The Hall–Kier alpha value is -0.570. The first-order chi connectivity index (χ1) is 6.11. The van der Waals surface area contributed by atoms with Crippen LogP contribution in [-0.2, 0) is 4.79 Å². The quantitative estimate of drug-likeness (QED) is 0.664. The summed E-state index contributed by atoms with van der Waals surface area (Å²) < 4.78 is 0. The van der Waals surface area contributed by atoms with Gasteiger partial charge in [0.1, 0.15) is 0 Å². The van der Waals surface area contributed by atoms with Gasteiger partial charge < -0.3 is 10.0 Å². The fourth-order valence-electron chi connectivity index (χ4n) is 2.03. The van der Waals surface area contributed by atoms with Crippen molar-refractivity contribution in [3.05, 3.63) is 0 Å². The highest BCUT2D eigenvalue weighted by Crippen LogP contribution is 2.25. The molecule has 2 unspecified atom stereocenters. The summed E-state index contributed by atoms with van der Waals surface area (Å²) in [7, 11) is 4.07. The molecule has 0 bridgehead atoms. The van der Waals surface area contributed by atoms with Crippen LogP contribution in [0.4, 0.5) is 0 Å². The molecule has 0 amide bonds. The molecule has 0 spiro atoms. The largest absolute Gasteiger partial charge is 0.481 e. The van der Waals surface area contributed by atoms with Crippen LogP contribution in [0.1, 0.15) is 32.1 Å². The normalized spacial score (nSPS) is 30.1. The van der Waals surface area contributed by atoms with Gasteiger partial charge in [-0.3, -0.25) is 4.79 Å². The number of carboxylic acid groups (broad SMARTS) is 1. The number of hydrogen-bond donors (Lipinski definition) is 1. The molecule has 1 saturated carbocycles. The summed E-state index contributed by atoms with van der Waals surface area (Å²) in [6.07, 6.45) is 5.08. The second-order valence-electron chi connectivity index (χ2n) is 4.17. The first-order valence-electron chi connectivity index (χ1n) is 5.00. The summed E-state index contributed by atoms with van der Waals surface area (Å²) in [5.41, 5.74) is 0. The highest BCUT2D eigenvalue weighted by Gasteiger charge is 2.25. The lowest BCUT2D eigenvalue weighted by Crippen LogP contribution is -2.30. The summed E-state index contributed by atoms with van der Waals surface area (Å²) in [4.78, 5) is 13.0. The van der Waals surface area contributed by atoms with Crippen molar-refractivity contribution in [3.63, 3.8) is 0 Å². The predicted molar refractivity (Wildman–Crippen MR) is 51.7 cm³/mol. The van der Waals surface area contributed by atoms with E-state index in [1.165, 1.54) is 6.42 Å². The topological polar surface area (TPSA) is 40.5 Å². The van der Waals surface area contributed by atoms with Crippen molar-refractivity contribution in [2.45, 2.75) is 38.1 Å². The van der Waals surface area contributed by atoms with E-state index < -0.39 is 5.97 Å². The van der Waals surface area contributed by atoms with E-state index in [1.807, 2.05) is 14.1 Å². The van der Waals surface area contributed by atoms with E-state index in [9.17, 15) is 4.79 Å². The lowest BCUT2D eigenvalue weighted by molar-refractivity contribution is -0.142. The van der Waals surface area contributed by atoms with Gasteiger partial charge in [0.25, 0.3) is 0 Å². The molecule has 1 rings (SSSR count). The molecular weight excluding hydrogens is 166 g/mol. The van der Waals surface area contributed by atoms with Gasteiger partial charge in [0.2, 0.25) is 0 Å². The standard InChI is InChI=1S/C10H19NO2/c1-11(2)9-6-4-3-5-8(7-9)10(12)13/h8-9H,3-7H2,1-2H3,(H,12,13). The van der Waals surface area contributed by atoms with Crippen molar-refractivity contribution in [2.75, 3.05) is 14.1 Å². The van der Waals surface area contributed by atoms with E-state index in [4.69, 9.17) is 5.11 Å². The number of rotatable bonds is 2. The van der Waals surface area contributed by atoms with Crippen LogP contribution in [0.25, 0.3) is 0 Å².